The van der Waals surface area contributed by atoms with E-state index in [1.807, 2.05) is 64.8 Å². The van der Waals surface area contributed by atoms with E-state index in [-0.39, 0.29) is 11.6 Å². The highest BCUT2D eigenvalue weighted by Gasteiger charge is 2.26. The third kappa shape index (κ3) is 2.31. The van der Waals surface area contributed by atoms with Crippen LogP contribution >= 0.6 is 0 Å². The zero-order valence-corrected chi connectivity index (χ0v) is 15.2. The van der Waals surface area contributed by atoms with Gasteiger partial charge < -0.3 is 4.74 Å². The molecule has 1 aliphatic heterocycles. The van der Waals surface area contributed by atoms with Crippen molar-refractivity contribution in [3.63, 3.8) is 0 Å². The molecule has 0 saturated heterocycles. The topological polar surface area (TPSA) is 66.9 Å². The van der Waals surface area contributed by atoms with Crippen molar-refractivity contribution in [3.05, 3.63) is 64.6 Å². The molecule has 0 unspecified atom stereocenters. The van der Waals surface area contributed by atoms with Crippen LogP contribution in [0.4, 0.5) is 0 Å². The number of hydrogen-bond acceptors (Lipinski definition) is 4. The second kappa shape index (κ2) is 5.84. The quantitative estimate of drug-likeness (QED) is 0.551. The number of rotatable bonds is 2. The predicted molar refractivity (Wildman–Crippen MR) is 102 cm³/mol. The van der Waals surface area contributed by atoms with Gasteiger partial charge in [0.25, 0.3) is 5.56 Å². The monoisotopic (exact) mass is 361 g/mol. The molecule has 0 amide bonds. The van der Waals surface area contributed by atoms with Crippen molar-refractivity contribution in [2.75, 3.05) is 7.11 Å². The van der Waals surface area contributed by atoms with Crippen LogP contribution in [0.25, 0.3) is 22.2 Å². The van der Waals surface area contributed by atoms with Crippen LogP contribution in [0, 0.1) is 0 Å². The SMILES string of the molecule is COc1ccc(-c2nnn3c2Cn2c4ccccc4c(=O)n2[C@@H](C)C3)cc1. The van der Waals surface area contributed by atoms with Crippen LogP contribution < -0.4 is 10.3 Å². The van der Waals surface area contributed by atoms with Crippen LogP contribution in [0.1, 0.15) is 18.7 Å². The van der Waals surface area contributed by atoms with Crippen molar-refractivity contribution in [3.8, 4) is 17.0 Å². The molecular formula is C20H19N5O2. The van der Waals surface area contributed by atoms with Gasteiger partial charge >= 0.3 is 0 Å². The number of methoxy groups -OCH3 is 1. The van der Waals surface area contributed by atoms with E-state index in [4.69, 9.17) is 4.74 Å². The lowest BCUT2D eigenvalue weighted by Crippen LogP contribution is -2.26. The van der Waals surface area contributed by atoms with Crippen molar-refractivity contribution in [2.45, 2.75) is 26.1 Å². The van der Waals surface area contributed by atoms with Gasteiger partial charge in [0.2, 0.25) is 0 Å². The summed E-state index contributed by atoms with van der Waals surface area (Å²) in [6.45, 7) is 3.19. The molecule has 1 aliphatic rings. The Morgan fingerprint density at radius 2 is 1.89 bits per heavy atom. The highest BCUT2D eigenvalue weighted by molar-refractivity contribution is 5.78. The normalized spacial score (nSPS) is 16.0. The van der Waals surface area contributed by atoms with Crippen LogP contribution in [0.2, 0.25) is 0 Å². The third-order valence-corrected chi connectivity index (χ3v) is 5.24. The summed E-state index contributed by atoms with van der Waals surface area (Å²) in [5, 5.41) is 9.54. The van der Waals surface area contributed by atoms with E-state index in [1.165, 1.54) is 0 Å². The van der Waals surface area contributed by atoms with E-state index in [0.717, 1.165) is 33.6 Å². The van der Waals surface area contributed by atoms with E-state index < -0.39 is 0 Å². The number of ether oxygens (including phenoxy) is 1. The maximum atomic E-state index is 12.9. The fourth-order valence-electron chi connectivity index (χ4n) is 3.91. The van der Waals surface area contributed by atoms with Crippen molar-refractivity contribution < 1.29 is 4.74 Å². The van der Waals surface area contributed by atoms with Crippen molar-refractivity contribution in [1.29, 1.82) is 0 Å². The van der Waals surface area contributed by atoms with Crippen molar-refractivity contribution in [1.82, 2.24) is 24.4 Å². The van der Waals surface area contributed by atoms with E-state index in [1.54, 1.807) is 7.11 Å². The van der Waals surface area contributed by atoms with E-state index >= 15 is 0 Å². The van der Waals surface area contributed by atoms with Gasteiger partial charge in [-0.1, -0.05) is 17.3 Å². The summed E-state index contributed by atoms with van der Waals surface area (Å²) < 4.78 is 11.1. The van der Waals surface area contributed by atoms with Gasteiger partial charge in [-0.3, -0.25) is 9.48 Å². The average molecular weight is 361 g/mol. The molecule has 3 heterocycles. The number of benzene rings is 2. The third-order valence-electron chi connectivity index (χ3n) is 5.24. The molecule has 0 bridgehead atoms. The molecule has 0 radical (unpaired) electrons. The minimum absolute atomic E-state index is 0.0171. The lowest BCUT2D eigenvalue weighted by Gasteiger charge is -2.13. The van der Waals surface area contributed by atoms with E-state index in [9.17, 15) is 4.79 Å². The van der Waals surface area contributed by atoms with Crippen LogP contribution in [0.3, 0.4) is 0 Å². The largest absolute Gasteiger partial charge is 0.497 e. The van der Waals surface area contributed by atoms with E-state index in [0.29, 0.717) is 13.1 Å². The summed E-state index contributed by atoms with van der Waals surface area (Å²) in [5.41, 5.74) is 3.80. The van der Waals surface area contributed by atoms with Crippen LogP contribution in [-0.4, -0.2) is 31.5 Å². The second-order valence-corrected chi connectivity index (χ2v) is 6.87. The Morgan fingerprint density at radius 1 is 1.11 bits per heavy atom. The maximum Gasteiger partial charge on any atom is 0.274 e. The molecule has 0 N–H and O–H groups in total. The summed E-state index contributed by atoms with van der Waals surface area (Å²) in [5.74, 6) is 0.802. The summed E-state index contributed by atoms with van der Waals surface area (Å²) in [6, 6.07) is 15.5. The van der Waals surface area contributed by atoms with Crippen molar-refractivity contribution in [2.24, 2.45) is 0 Å². The maximum absolute atomic E-state index is 12.9. The number of aromatic nitrogens is 5. The van der Waals surface area contributed by atoms with Gasteiger partial charge in [-0.05, 0) is 43.3 Å². The Bertz CT molecular complexity index is 1200. The zero-order valence-electron chi connectivity index (χ0n) is 15.2. The molecule has 0 saturated carbocycles. The van der Waals surface area contributed by atoms with Gasteiger partial charge in [0, 0.05) is 5.56 Å². The molecule has 4 aromatic rings. The molecule has 2 aromatic carbocycles. The van der Waals surface area contributed by atoms with Gasteiger partial charge in [0.05, 0.1) is 42.8 Å². The lowest BCUT2D eigenvalue weighted by molar-refractivity contribution is 0.377. The fourth-order valence-corrected chi connectivity index (χ4v) is 3.91. The molecule has 27 heavy (non-hydrogen) atoms. The summed E-state index contributed by atoms with van der Waals surface area (Å²) in [4.78, 5) is 12.9. The Kier molecular flexibility index (Phi) is 3.43. The Morgan fingerprint density at radius 3 is 2.67 bits per heavy atom. The smallest absolute Gasteiger partial charge is 0.274 e. The summed E-state index contributed by atoms with van der Waals surface area (Å²) in [6.07, 6.45) is 0. The van der Waals surface area contributed by atoms with E-state index in [2.05, 4.69) is 15.0 Å². The zero-order chi connectivity index (χ0) is 18.5. The standard InChI is InChI=1S/C20H19N5O2/c1-13-11-23-18(19(21-22-23)14-7-9-15(27-2)10-8-14)12-24-17-6-4-3-5-16(17)20(26)25(13)24/h3-10,13H,11-12H2,1-2H3/t13-/m0/s1. The molecule has 5 rings (SSSR count). The second-order valence-electron chi connectivity index (χ2n) is 6.87. The molecule has 2 aromatic heterocycles. The number of nitrogens with zero attached hydrogens (tertiary/aromatic N) is 5. The number of hydrogen-bond donors (Lipinski definition) is 0. The fraction of sp³-hybridized carbons (Fsp3) is 0.250. The molecule has 0 aliphatic carbocycles. The first-order chi connectivity index (χ1) is 13.2. The highest BCUT2D eigenvalue weighted by atomic mass is 16.5. The molecule has 7 heteroatoms. The minimum Gasteiger partial charge on any atom is -0.497 e. The van der Waals surface area contributed by atoms with Crippen molar-refractivity contribution >= 4 is 10.9 Å². The van der Waals surface area contributed by atoms with Gasteiger partial charge in [0.1, 0.15) is 11.4 Å². The predicted octanol–water partition coefficient (Wildman–Crippen LogP) is 2.69. The number of para-hydroxylation sites is 1. The van der Waals surface area contributed by atoms with Gasteiger partial charge in [-0.15, -0.1) is 5.10 Å². The summed E-state index contributed by atoms with van der Waals surface area (Å²) >= 11 is 0. The first-order valence-corrected chi connectivity index (χ1v) is 8.94. The Balaban J connectivity index is 1.69. The average Bonchev–Trinajstić information content (AvgIpc) is 3.17. The summed E-state index contributed by atoms with van der Waals surface area (Å²) in [7, 11) is 1.65. The first-order valence-electron chi connectivity index (χ1n) is 8.94. The number of fused-ring (bicyclic) bond motifs is 4. The highest BCUT2D eigenvalue weighted by Crippen LogP contribution is 2.28. The van der Waals surface area contributed by atoms with Gasteiger partial charge in [0.15, 0.2) is 0 Å². The molecule has 0 fully saturated rings. The van der Waals surface area contributed by atoms with Gasteiger partial charge in [-0.25, -0.2) is 9.36 Å². The van der Waals surface area contributed by atoms with Crippen LogP contribution in [0.5, 0.6) is 5.75 Å². The molecule has 136 valence electrons. The van der Waals surface area contributed by atoms with Crippen LogP contribution in [-0.2, 0) is 13.1 Å². The Hall–Kier alpha value is -3.35. The Labute approximate surface area is 155 Å². The molecule has 7 nitrogen and oxygen atoms in total. The first kappa shape index (κ1) is 15.9. The lowest BCUT2D eigenvalue weighted by atomic mass is 10.1. The van der Waals surface area contributed by atoms with Gasteiger partial charge in [-0.2, -0.15) is 0 Å². The minimum atomic E-state index is -0.0171. The molecule has 0 spiro atoms. The molecular weight excluding hydrogens is 342 g/mol. The van der Waals surface area contributed by atoms with Crippen LogP contribution in [0.15, 0.2) is 53.3 Å². The molecule has 1 atom stereocenters.